The minimum Gasteiger partial charge on any atom is -0.349 e. The van der Waals surface area contributed by atoms with Crippen LogP contribution in [0.25, 0.3) is 0 Å². The van der Waals surface area contributed by atoms with Crippen LogP contribution in [0.15, 0.2) is 24.3 Å². The SMILES string of the molecule is Cl.O=C1NC2C=CC=CC2C2CC12. The third kappa shape index (κ3) is 1.20. The van der Waals surface area contributed by atoms with Crippen molar-refractivity contribution in [2.75, 3.05) is 0 Å². The van der Waals surface area contributed by atoms with E-state index in [-0.39, 0.29) is 24.4 Å². The van der Waals surface area contributed by atoms with E-state index in [0.29, 0.717) is 17.8 Å². The molecule has 0 aromatic carbocycles. The number of carbonyl (C=O) groups is 1. The molecule has 2 aliphatic carbocycles. The second-order valence-electron chi connectivity index (χ2n) is 3.89. The number of carbonyl (C=O) groups excluding carboxylic acids is 1. The topological polar surface area (TPSA) is 29.1 Å². The summed E-state index contributed by atoms with van der Waals surface area (Å²) in [6.45, 7) is 0. The largest absolute Gasteiger partial charge is 0.349 e. The number of halogens is 1. The molecule has 0 aromatic rings. The maximum atomic E-state index is 11.3. The molecule has 0 aromatic heterocycles. The Morgan fingerprint density at radius 1 is 1.31 bits per heavy atom. The van der Waals surface area contributed by atoms with Crippen molar-refractivity contribution in [1.29, 1.82) is 0 Å². The van der Waals surface area contributed by atoms with Crippen molar-refractivity contribution in [2.24, 2.45) is 17.8 Å². The van der Waals surface area contributed by atoms with E-state index in [4.69, 9.17) is 0 Å². The van der Waals surface area contributed by atoms with Gasteiger partial charge in [0, 0.05) is 11.8 Å². The van der Waals surface area contributed by atoms with Crippen molar-refractivity contribution in [3.8, 4) is 0 Å². The Morgan fingerprint density at radius 3 is 2.92 bits per heavy atom. The molecule has 3 aliphatic rings. The van der Waals surface area contributed by atoms with Crippen LogP contribution in [-0.2, 0) is 4.79 Å². The fraction of sp³-hybridized carbons (Fsp3) is 0.500. The number of nitrogens with one attached hydrogen (secondary N) is 1. The Hall–Kier alpha value is -0.760. The molecule has 0 spiro atoms. The first-order chi connectivity index (χ1) is 5.86. The molecule has 4 atom stereocenters. The zero-order valence-corrected chi connectivity index (χ0v) is 7.96. The van der Waals surface area contributed by atoms with Crippen molar-refractivity contribution in [3.05, 3.63) is 24.3 Å². The molecule has 0 bridgehead atoms. The van der Waals surface area contributed by atoms with Crippen LogP contribution in [0.1, 0.15) is 6.42 Å². The fourth-order valence-electron chi connectivity index (χ4n) is 2.39. The molecular formula is C10H12ClNO. The summed E-state index contributed by atoms with van der Waals surface area (Å²) in [6, 6.07) is 0.284. The molecule has 1 amide bonds. The number of fused-ring (bicyclic) bond motifs is 3. The highest BCUT2D eigenvalue weighted by molar-refractivity contribution is 5.85. The van der Waals surface area contributed by atoms with E-state index in [1.807, 2.05) is 6.08 Å². The van der Waals surface area contributed by atoms with Crippen molar-refractivity contribution < 1.29 is 4.79 Å². The first-order valence-electron chi connectivity index (χ1n) is 4.51. The lowest BCUT2D eigenvalue weighted by Gasteiger charge is -2.29. The van der Waals surface area contributed by atoms with Gasteiger partial charge in [0.25, 0.3) is 0 Å². The van der Waals surface area contributed by atoms with Crippen molar-refractivity contribution >= 4 is 18.3 Å². The number of rotatable bonds is 0. The van der Waals surface area contributed by atoms with E-state index in [1.54, 1.807) is 0 Å². The molecule has 3 rings (SSSR count). The first-order valence-corrected chi connectivity index (χ1v) is 4.51. The standard InChI is InChI=1S/C10H11NO.ClH/c12-10-8-5-7(8)6-3-1-2-4-9(6)11-10;/h1-4,6-9H,5H2,(H,11,12);1H. The number of allylic oxidation sites excluding steroid dienone is 2. The van der Waals surface area contributed by atoms with Gasteiger partial charge < -0.3 is 5.32 Å². The molecule has 2 fully saturated rings. The van der Waals surface area contributed by atoms with Crippen LogP contribution in [-0.4, -0.2) is 11.9 Å². The van der Waals surface area contributed by atoms with E-state index in [1.165, 1.54) is 0 Å². The molecule has 1 heterocycles. The third-order valence-electron chi connectivity index (χ3n) is 3.16. The average molecular weight is 198 g/mol. The maximum Gasteiger partial charge on any atom is 0.223 e. The highest BCUT2D eigenvalue weighted by Gasteiger charge is 2.53. The zero-order chi connectivity index (χ0) is 8.13. The third-order valence-corrected chi connectivity index (χ3v) is 3.16. The van der Waals surface area contributed by atoms with Gasteiger partial charge in [-0.25, -0.2) is 0 Å². The van der Waals surface area contributed by atoms with E-state index in [9.17, 15) is 4.79 Å². The van der Waals surface area contributed by atoms with Gasteiger partial charge in [0.2, 0.25) is 5.91 Å². The highest BCUT2D eigenvalue weighted by atomic mass is 35.5. The lowest BCUT2D eigenvalue weighted by Crippen LogP contribution is -2.45. The molecule has 1 saturated heterocycles. The Morgan fingerprint density at radius 2 is 2.08 bits per heavy atom. The summed E-state index contributed by atoms with van der Waals surface area (Å²) < 4.78 is 0. The second kappa shape index (κ2) is 2.88. The van der Waals surface area contributed by atoms with Gasteiger partial charge in [-0.1, -0.05) is 24.3 Å². The van der Waals surface area contributed by atoms with Crippen LogP contribution in [0, 0.1) is 17.8 Å². The molecule has 13 heavy (non-hydrogen) atoms. The van der Waals surface area contributed by atoms with Crippen LogP contribution >= 0.6 is 12.4 Å². The van der Waals surface area contributed by atoms with Crippen LogP contribution < -0.4 is 5.32 Å². The summed E-state index contributed by atoms with van der Waals surface area (Å²) in [5.41, 5.74) is 0. The van der Waals surface area contributed by atoms with Gasteiger partial charge in [-0.2, -0.15) is 0 Å². The van der Waals surface area contributed by atoms with Gasteiger partial charge >= 0.3 is 0 Å². The summed E-state index contributed by atoms with van der Waals surface area (Å²) in [6.07, 6.45) is 9.54. The number of hydrogen-bond donors (Lipinski definition) is 1. The monoisotopic (exact) mass is 197 g/mol. The number of hydrogen-bond acceptors (Lipinski definition) is 1. The zero-order valence-electron chi connectivity index (χ0n) is 7.14. The Balaban J connectivity index is 0.000000653. The Labute approximate surface area is 83.5 Å². The number of piperidine rings is 1. The van der Waals surface area contributed by atoms with E-state index in [0.717, 1.165) is 6.42 Å². The lowest BCUT2D eigenvalue weighted by molar-refractivity contribution is -0.124. The summed E-state index contributed by atoms with van der Waals surface area (Å²) in [7, 11) is 0. The van der Waals surface area contributed by atoms with E-state index >= 15 is 0 Å². The van der Waals surface area contributed by atoms with Gasteiger partial charge in [-0.15, -0.1) is 12.4 Å². The summed E-state index contributed by atoms with van der Waals surface area (Å²) >= 11 is 0. The van der Waals surface area contributed by atoms with Gasteiger partial charge in [-0.3, -0.25) is 4.79 Å². The predicted octanol–water partition coefficient (Wildman–Crippen LogP) is 1.28. The van der Waals surface area contributed by atoms with E-state index < -0.39 is 0 Å². The minimum atomic E-state index is 0. The van der Waals surface area contributed by atoms with Gasteiger partial charge in [0.1, 0.15) is 0 Å². The van der Waals surface area contributed by atoms with Crippen molar-refractivity contribution in [3.63, 3.8) is 0 Å². The van der Waals surface area contributed by atoms with Crippen molar-refractivity contribution in [1.82, 2.24) is 5.32 Å². The van der Waals surface area contributed by atoms with Crippen LogP contribution in [0.4, 0.5) is 0 Å². The molecule has 70 valence electrons. The molecule has 1 aliphatic heterocycles. The van der Waals surface area contributed by atoms with Gasteiger partial charge in [0.05, 0.1) is 6.04 Å². The van der Waals surface area contributed by atoms with Crippen molar-refractivity contribution in [2.45, 2.75) is 12.5 Å². The molecular weight excluding hydrogens is 186 g/mol. The Bertz CT molecular complexity index is 297. The van der Waals surface area contributed by atoms with Crippen LogP contribution in [0.2, 0.25) is 0 Å². The predicted molar refractivity (Wildman–Crippen MR) is 52.5 cm³/mol. The quantitative estimate of drug-likeness (QED) is 0.623. The van der Waals surface area contributed by atoms with Crippen LogP contribution in [0.5, 0.6) is 0 Å². The maximum absolute atomic E-state index is 11.3. The number of amides is 1. The van der Waals surface area contributed by atoms with Gasteiger partial charge in [-0.05, 0) is 12.3 Å². The molecule has 1 saturated carbocycles. The summed E-state index contributed by atoms with van der Waals surface area (Å²) in [5.74, 6) is 1.83. The van der Waals surface area contributed by atoms with E-state index in [2.05, 4.69) is 23.5 Å². The highest BCUT2D eigenvalue weighted by Crippen LogP contribution is 2.49. The second-order valence-corrected chi connectivity index (χ2v) is 3.89. The first kappa shape index (κ1) is 8.82. The summed E-state index contributed by atoms with van der Waals surface area (Å²) in [5, 5.41) is 3.03. The normalized spacial score (nSPS) is 44.2. The van der Waals surface area contributed by atoms with Crippen LogP contribution in [0.3, 0.4) is 0 Å². The smallest absolute Gasteiger partial charge is 0.223 e. The molecule has 0 radical (unpaired) electrons. The molecule has 4 unspecified atom stereocenters. The average Bonchev–Trinajstić information content (AvgIpc) is 2.84. The fourth-order valence-corrected chi connectivity index (χ4v) is 2.39. The summed E-state index contributed by atoms with van der Waals surface area (Å²) in [4.78, 5) is 11.3. The minimum absolute atomic E-state index is 0. The molecule has 1 N–H and O–H groups in total. The van der Waals surface area contributed by atoms with Gasteiger partial charge in [0.15, 0.2) is 0 Å². The molecule has 2 nitrogen and oxygen atoms in total. The Kier molecular flexibility index (Phi) is 1.95. The molecule has 3 heteroatoms. The lowest BCUT2D eigenvalue weighted by atomic mass is 9.87.